The van der Waals surface area contributed by atoms with Crippen molar-refractivity contribution in [3.63, 3.8) is 0 Å². The first kappa shape index (κ1) is 11.4. The van der Waals surface area contributed by atoms with Crippen molar-refractivity contribution < 1.29 is 9.50 Å². The third kappa shape index (κ3) is 2.53. The summed E-state index contributed by atoms with van der Waals surface area (Å²) < 4.78 is 13.0. The molecule has 2 nitrogen and oxygen atoms in total. The Morgan fingerprint density at radius 1 is 1.25 bits per heavy atom. The van der Waals surface area contributed by atoms with E-state index in [1.807, 2.05) is 6.07 Å². The zero-order valence-electron chi connectivity index (χ0n) is 9.38. The summed E-state index contributed by atoms with van der Waals surface area (Å²) in [6, 6.07) is 6.43. The number of hydrogen-bond donors (Lipinski definition) is 2. The minimum Gasteiger partial charge on any atom is -0.394 e. The van der Waals surface area contributed by atoms with Crippen molar-refractivity contribution in [2.45, 2.75) is 37.6 Å². The second-order valence-electron chi connectivity index (χ2n) is 4.63. The number of halogens is 1. The van der Waals surface area contributed by atoms with Crippen LogP contribution < -0.4 is 5.32 Å². The van der Waals surface area contributed by atoms with Crippen LogP contribution in [0.1, 0.15) is 32.1 Å². The maximum atomic E-state index is 13.0. The summed E-state index contributed by atoms with van der Waals surface area (Å²) in [5.41, 5.74) is 0.516. The van der Waals surface area contributed by atoms with Crippen LogP contribution in [0, 0.1) is 5.82 Å². The van der Waals surface area contributed by atoms with Gasteiger partial charge in [-0.05, 0) is 31.0 Å². The van der Waals surface area contributed by atoms with Crippen LogP contribution in [0.25, 0.3) is 0 Å². The molecule has 0 aromatic heterocycles. The predicted molar refractivity (Wildman–Crippen MR) is 62.9 cm³/mol. The molecule has 0 amide bonds. The molecule has 0 saturated heterocycles. The van der Waals surface area contributed by atoms with Gasteiger partial charge in [-0.1, -0.05) is 25.3 Å². The van der Waals surface area contributed by atoms with Gasteiger partial charge in [-0.15, -0.1) is 0 Å². The van der Waals surface area contributed by atoms with Gasteiger partial charge in [0.15, 0.2) is 0 Å². The standard InChI is InChI=1S/C13H18FNO/c14-11-5-4-6-12(9-11)15-13(10-16)7-2-1-3-8-13/h4-6,9,15-16H,1-3,7-8,10H2. The van der Waals surface area contributed by atoms with E-state index in [1.165, 1.54) is 18.6 Å². The third-order valence-corrected chi connectivity index (χ3v) is 3.35. The number of anilines is 1. The first-order chi connectivity index (χ1) is 7.74. The lowest BCUT2D eigenvalue weighted by atomic mass is 9.82. The molecule has 1 aromatic carbocycles. The Kier molecular flexibility index (Phi) is 3.44. The third-order valence-electron chi connectivity index (χ3n) is 3.35. The molecule has 1 aliphatic rings. The molecule has 0 heterocycles. The summed E-state index contributed by atoms with van der Waals surface area (Å²) >= 11 is 0. The number of rotatable bonds is 3. The largest absolute Gasteiger partial charge is 0.394 e. The molecular weight excluding hydrogens is 205 g/mol. The molecule has 0 radical (unpaired) electrons. The minimum absolute atomic E-state index is 0.115. The lowest BCUT2D eigenvalue weighted by Gasteiger charge is -2.37. The van der Waals surface area contributed by atoms with Gasteiger partial charge in [0.1, 0.15) is 5.82 Å². The average molecular weight is 223 g/mol. The van der Waals surface area contributed by atoms with E-state index >= 15 is 0 Å². The van der Waals surface area contributed by atoms with Gasteiger partial charge in [-0.3, -0.25) is 0 Å². The maximum absolute atomic E-state index is 13.0. The summed E-state index contributed by atoms with van der Waals surface area (Å²) in [4.78, 5) is 0. The Bertz CT molecular complexity index is 348. The van der Waals surface area contributed by atoms with Crippen molar-refractivity contribution in [2.24, 2.45) is 0 Å². The van der Waals surface area contributed by atoms with Crippen molar-refractivity contribution in [3.8, 4) is 0 Å². The van der Waals surface area contributed by atoms with E-state index in [9.17, 15) is 9.50 Å². The van der Waals surface area contributed by atoms with Gasteiger partial charge in [0.2, 0.25) is 0 Å². The molecule has 2 rings (SSSR count). The maximum Gasteiger partial charge on any atom is 0.125 e. The van der Waals surface area contributed by atoms with E-state index in [2.05, 4.69) is 5.32 Å². The second-order valence-corrected chi connectivity index (χ2v) is 4.63. The number of nitrogens with one attached hydrogen (secondary N) is 1. The van der Waals surface area contributed by atoms with Crippen LogP contribution in [0.5, 0.6) is 0 Å². The molecule has 0 atom stereocenters. The van der Waals surface area contributed by atoms with E-state index in [-0.39, 0.29) is 18.0 Å². The van der Waals surface area contributed by atoms with Gasteiger partial charge in [-0.2, -0.15) is 0 Å². The van der Waals surface area contributed by atoms with E-state index in [1.54, 1.807) is 6.07 Å². The molecule has 1 saturated carbocycles. The van der Waals surface area contributed by atoms with E-state index < -0.39 is 0 Å². The number of aliphatic hydroxyl groups excluding tert-OH is 1. The van der Waals surface area contributed by atoms with E-state index in [0.29, 0.717) is 0 Å². The highest BCUT2D eigenvalue weighted by molar-refractivity contribution is 5.45. The highest BCUT2D eigenvalue weighted by Crippen LogP contribution is 2.31. The lowest BCUT2D eigenvalue weighted by molar-refractivity contribution is 0.173. The highest BCUT2D eigenvalue weighted by atomic mass is 19.1. The fourth-order valence-corrected chi connectivity index (χ4v) is 2.42. The van der Waals surface area contributed by atoms with Crippen molar-refractivity contribution >= 4 is 5.69 Å². The van der Waals surface area contributed by atoms with E-state index in [0.717, 1.165) is 31.4 Å². The SMILES string of the molecule is OCC1(Nc2cccc(F)c2)CCCCC1. The molecule has 1 fully saturated rings. The van der Waals surface area contributed by atoms with Gasteiger partial charge >= 0.3 is 0 Å². The molecular formula is C13H18FNO. The molecule has 0 aliphatic heterocycles. The van der Waals surface area contributed by atoms with Crippen LogP contribution in [0.15, 0.2) is 24.3 Å². The van der Waals surface area contributed by atoms with Crippen LogP contribution in [0.3, 0.4) is 0 Å². The Labute approximate surface area is 95.5 Å². The summed E-state index contributed by atoms with van der Waals surface area (Å²) in [5, 5.41) is 12.8. The minimum atomic E-state index is -0.244. The fourth-order valence-electron chi connectivity index (χ4n) is 2.42. The monoisotopic (exact) mass is 223 g/mol. The Balaban J connectivity index is 2.11. The first-order valence-corrected chi connectivity index (χ1v) is 5.89. The van der Waals surface area contributed by atoms with Gasteiger partial charge in [0.05, 0.1) is 12.1 Å². The Morgan fingerprint density at radius 3 is 2.62 bits per heavy atom. The van der Waals surface area contributed by atoms with Crippen LogP contribution in [-0.4, -0.2) is 17.3 Å². The number of aliphatic hydroxyl groups is 1. The molecule has 2 N–H and O–H groups in total. The highest BCUT2D eigenvalue weighted by Gasteiger charge is 2.30. The van der Waals surface area contributed by atoms with Gasteiger partial charge in [0.25, 0.3) is 0 Å². The van der Waals surface area contributed by atoms with Gasteiger partial charge in [0, 0.05) is 5.69 Å². The number of benzene rings is 1. The van der Waals surface area contributed by atoms with Crippen LogP contribution in [0.2, 0.25) is 0 Å². The van der Waals surface area contributed by atoms with E-state index in [4.69, 9.17) is 0 Å². The van der Waals surface area contributed by atoms with Crippen molar-refractivity contribution in [1.29, 1.82) is 0 Å². The zero-order valence-corrected chi connectivity index (χ0v) is 9.38. The van der Waals surface area contributed by atoms with Crippen LogP contribution in [0.4, 0.5) is 10.1 Å². The predicted octanol–water partition coefficient (Wildman–Crippen LogP) is 2.93. The molecule has 0 bridgehead atoms. The summed E-state index contributed by atoms with van der Waals surface area (Å²) in [7, 11) is 0. The molecule has 0 unspecified atom stereocenters. The molecule has 88 valence electrons. The summed E-state index contributed by atoms with van der Waals surface area (Å²) in [6.07, 6.45) is 5.40. The number of hydrogen-bond acceptors (Lipinski definition) is 2. The van der Waals surface area contributed by atoms with Crippen molar-refractivity contribution in [3.05, 3.63) is 30.1 Å². The lowest BCUT2D eigenvalue weighted by Crippen LogP contribution is -2.43. The van der Waals surface area contributed by atoms with Gasteiger partial charge in [-0.25, -0.2) is 4.39 Å². The fraction of sp³-hybridized carbons (Fsp3) is 0.538. The van der Waals surface area contributed by atoms with Crippen LogP contribution in [-0.2, 0) is 0 Å². The average Bonchev–Trinajstić information content (AvgIpc) is 2.30. The topological polar surface area (TPSA) is 32.3 Å². The smallest absolute Gasteiger partial charge is 0.125 e. The summed E-state index contributed by atoms with van der Waals surface area (Å²) in [6.45, 7) is 0.115. The molecule has 3 heteroatoms. The first-order valence-electron chi connectivity index (χ1n) is 5.89. The van der Waals surface area contributed by atoms with Crippen molar-refractivity contribution in [2.75, 3.05) is 11.9 Å². The zero-order chi connectivity index (χ0) is 11.4. The van der Waals surface area contributed by atoms with Crippen LogP contribution >= 0.6 is 0 Å². The van der Waals surface area contributed by atoms with Crippen molar-refractivity contribution in [1.82, 2.24) is 0 Å². The Morgan fingerprint density at radius 2 is 2.00 bits per heavy atom. The molecule has 16 heavy (non-hydrogen) atoms. The summed E-state index contributed by atoms with van der Waals surface area (Å²) in [5.74, 6) is -0.242. The molecule has 0 spiro atoms. The second kappa shape index (κ2) is 4.83. The normalized spacial score (nSPS) is 19.4. The molecule has 1 aliphatic carbocycles. The van der Waals surface area contributed by atoms with Gasteiger partial charge < -0.3 is 10.4 Å². The molecule has 1 aromatic rings. The quantitative estimate of drug-likeness (QED) is 0.825. The Hall–Kier alpha value is -1.09.